The average molecular weight is 281 g/mol. The van der Waals surface area contributed by atoms with E-state index in [4.69, 9.17) is 9.72 Å². The fourth-order valence-electron chi connectivity index (χ4n) is 2.93. The molecule has 2 aromatic rings. The predicted molar refractivity (Wildman–Crippen MR) is 83.3 cm³/mol. The number of ether oxygens (including phenoxy) is 1. The van der Waals surface area contributed by atoms with E-state index < -0.39 is 0 Å². The minimum Gasteiger partial charge on any atom is -0.377 e. The number of hydrogen-bond donors (Lipinski definition) is 0. The van der Waals surface area contributed by atoms with E-state index >= 15 is 0 Å². The van der Waals surface area contributed by atoms with Gasteiger partial charge in [0.2, 0.25) is 0 Å². The summed E-state index contributed by atoms with van der Waals surface area (Å²) in [5.41, 5.74) is 1.58. The molecule has 1 saturated heterocycles. The summed E-state index contributed by atoms with van der Waals surface area (Å²) in [7, 11) is 0. The summed E-state index contributed by atoms with van der Waals surface area (Å²) in [5, 5.41) is 10.4. The molecule has 0 amide bonds. The normalized spacial score (nSPS) is 18.7. The van der Waals surface area contributed by atoms with Gasteiger partial charge >= 0.3 is 0 Å². The van der Waals surface area contributed by atoms with Crippen LogP contribution in [0.15, 0.2) is 30.3 Å². The molecule has 0 aliphatic carbocycles. The summed E-state index contributed by atoms with van der Waals surface area (Å²) in [6.07, 6.45) is 2.40. The number of nitrogens with zero attached hydrogens (tertiary/aromatic N) is 3. The maximum atomic E-state index is 9.43. The van der Waals surface area contributed by atoms with Gasteiger partial charge in [-0.25, -0.2) is 4.98 Å². The van der Waals surface area contributed by atoms with Gasteiger partial charge in [-0.2, -0.15) is 5.26 Å². The molecule has 0 bridgehead atoms. The summed E-state index contributed by atoms with van der Waals surface area (Å²) < 4.78 is 5.74. The lowest BCUT2D eigenvalue weighted by molar-refractivity contribution is 0.0525. The number of aromatic nitrogens is 1. The SMILES string of the molecule is CCOC1CCCN(c2nc3ccccc3cc2C#N)C1. The van der Waals surface area contributed by atoms with Crippen LogP contribution >= 0.6 is 0 Å². The van der Waals surface area contributed by atoms with Crippen LogP contribution in [0.3, 0.4) is 0 Å². The first-order valence-corrected chi connectivity index (χ1v) is 7.48. The molecular formula is C17H19N3O. The number of para-hydroxylation sites is 1. The molecule has 0 radical (unpaired) electrons. The molecule has 1 aliphatic heterocycles. The zero-order valence-electron chi connectivity index (χ0n) is 12.2. The van der Waals surface area contributed by atoms with Crippen molar-refractivity contribution < 1.29 is 4.74 Å². The highest BCUT2D eigenvalue weighted by Crippen LogP contribution is 2.26. The molecule has 21 heavy (non-hydrogen) atoms. The molecular weight excluding hydrogens is 262 g/mol. The summed E-state index contributed by atoms with van der Waals surface area (Å²) in [6.45, 7) is 4.50. The van der Waals surface area contributed by atoms with Gasteiger partial charge in [-0.05, 0) is 31.9 Å². The molecule has 1 atom stereocenters. The Morgan fingerprint density at radius 2 is 2.29 bits per heavy atom. The first-order chi connectivity index (χ1) is 10.3. The third-order valence-electron chi connectivity index (χ3n) is 3.90. The Hall–Kier alpha value is -2.12. The Morgan fingerprint density at radius 3 is 3.10 bits per heavy atom. The van der Waals surface area contributed by atoms with Crippen LogP contribution in [0, 0.1) is 11.3 Å². The number of hydrogen-bond acceptors (Lipinski definition) is 4. The Balaban J connectivity index is 1.97. The van der Waals surface area contributed by atoms with Crippen LogP contribution in [-0.2, 0) is 4.74 Å². The average Bonchev–Trinajstić information content (AvgIpc) is 2.54. The Labute approximate surface area is 125 Å². The third kappa shape index (κ3) is 2.84. The van der Waals surface area contributed by atoms with Gasteiger partial charge in [-0.1, -0.05) is 18.2 Å². The van der Waals surface area contributed by atoms with Gasteiger partial charge in [0.1, 0.15) is 11.9 Å². The number of pyridine rings is 1. The monoisotopic (exact) mass is 281 g/mol. The first-order valence-electron chi connectivity index (χ1n) is 7.48. The van der Waals surface area contributed by atoms with Crippen molar-refractivity contribution in [3.63, 3.8) is 0 Å². The van der Waals surface area contributed by atoms with Crippen LogP contribution in [0.1, 0.15) is 25.3 Å². The number of fused-ring (bicyclic) bond motifs is 1. The second-order valence-electron chi connectivity index (χ2n) is 5.33. The van der Waals surface area contributed by atoms with Crippen molar-refractivity contribution in [1.29, 1.82) is 5.26 Å². The summed E-state index contributed by atoms with van der Waals surface area (Å²) >= 11 is 0. The lowest BCUT2D eigenvalue weighted by Gasteiger charge is -2.33. The molecule has 1 aromatic carbocycles. The van der Waals surface area contributed by atoms with Gasteiger partial charge in [0.05, 0.1) is 17.2 Å². The van der Waals surface area contributed by atoms with E-state index in [0.717, 1.165) is 49.3 Å². The van der Waals surface area contributed by atoms with Gasteiger partial charge in [0.15, 0.2) is 0 Å². The standard InChI is InChI=1S/C17H19N3O/c1-2-21-15-7-5-9-20(12-15)17-14(11-18)10-13-6-3-4-8-16(13)19-17/h3-4,6,8,10,15H,2,5,7,9,12H2,1H3. The van der Waals surface area contributed by atoms with Crippen LogP contribution < -0.4 is 4.90 Å². The van der Waals surface area contributed by atoms with E-state index in [1.165, 1.54) is 0 Å². The second-order valence-corrected chi connectivity index (χ2v) is 5.33. The number of piperidine rings is 1. The Morgan fingerprint density at radius 1 is 1.43 bits per heavy atom. The van der Waals surface area contributed by atoms with E-state index in [9.17, 15) is 5.26 Å². The van der Waals surface area contributed by atoms with Gasteiger partial charge in [0, 0.05) is 25.1 Å². The van der Waals surface area contributed by atoms with E-state index in [2.05, 4.69) is 11.0 Å². The molecule has 108 valence electrons. The smallest absolute Gasteiger partial charge is 0.147 e. The topological polar surface area (TPSA) is 49.1 Å². The highest BCUT2D eigenvalue weighted by molar-refractivity contribution is 5.83. The van der Waals surface area contributed by atoms with Crippen molar-refractivity contribution in [2.75, 3.05) is 24.6 Å². The molecule has 1 aliphatic rings. The van der Waals surface area contributed by atoms with Gasteiger partial charge < -0.3 is 9.64 Å². The third-order valence-corrected chi connectivity index (χ3v) is 3.90. The molecule has 4 nitrogen and oxygen atoms in total. The molecule has 2 heterocycles. The van der Waals surface area contributed by atoms with Gasteiger partial charge in [-0.3, -0.25) is 0 Å². The zero-order chi connectivity index (χ0) is 14.7. The van der Waals surface area contributed by atoms with Crippen LogP contribution in [-0.4, -0.2) is 30.8 Å². The van der Waals surface area contributed by atoms with E-state index in [1.807, 2.05) is 37.3 Å². The van der Waals surface area contributed by atoms with E-state index in [-0.39, 0.29) is 6.10 Å². The van der Waals surface area contributed by atoms with Crippen molar-refractivity contribution in [2.45, 2.75) is 25.9 Å². The summed E-state index contributed by atoms with van der Waals surface area (Å²) in [6, 6.07) is 12.1. The number of anilines is 1. The lowest BCUT2D eigenvalue weighted by Crippen LogP contribution is -2.40. The first kappa shape index (κ1) is 13.8. The van der Waals surface area contributed by atoms with Crippen molar-refractivity contribution in [2.24, 2.45) is 0 Å². The van der Waals surface area contributed by atoms with Crippen molar-refractivity contribution >= 4 is 16.7 Å². The Bertz CT molecular complexity index is 675. The fraction of sp³-hybridized carbons (Fsp3) is 0.412. The van der Waals surface area contributed by atoms with Crippen LogP contribution in [0.2, 0.25) is 0 Å². The maximum Gasteiger partial charge on any atom is 0.147 e. The summed E-state index contributed by atoms with van der Waals surface area (Å²) in [5.74, 6) is 0.792. The number of nitriles is 1. The van der Waals surface area contributed by atoms with Gasteiger partial charge in [0.25, 0.3) is 0 Å². The largest absolute Gasteiger partial charge is 0.377 e. The van der Waals surface area contributed by atoms with Crippen LogP contribution in [0.5, 0.6) is 0 Å². The molecule has 1 aromatic heterocycles. The minimum atomic E-state index is 0.239. The van der Waals surface area contributed by atoms with E-state index in [0.29, 0.717) is 5.56 Å². The van der Waals surface area contributed by atoms with Crippen molar-refractivity contribution in [3.8, 4) is 6.07 Å². The van der Waals surface area contributed by atoms with Crippen molar-refractivity contribution in [1.82, 2.24) is 4.98 Å². The van der Waals surface area contributed by atoms with Gasteiger partial charge in [-0.15, -0.1) is 0 Å². The summed E-state index contributed by atoms with van der Waals surface area (Å²) in [4.78, 5) is 6.90. The molecule has 3 rings (SSSR count). The highest BCUT2D eigenvalue weighted by atomic mass is 16.5. The minimum absolute atomic E-state index is 0.239. The predicted octanol–water partition coefficient (Wildman–Crippen LogP) is 3.11. The number of rotatable bonds is 3. The highest BCUT2D eigenvalue weighted by Gasteiger charge is 2.23. The molecule has 0 saturated carbocycles. The van der Waals surface area contributed by atoms with Crippen LogP contribution in [0.4, 0.5) is 5.82 Å². The molecule has 0 N–H and O–H groups in total. The number of benzene rings is 1. The maximum absolute atomic E-state index is 9.43. The molecule has 0 spiro atoms. The molecule has 1 fully saturated rings. The van der Waals surface area contributed by atoms with Crippen molar-refractivity contribution in [3.05, 3.63) is 35.9 Å². The Kier molecular flexibility index (Phi) is 4.03. The van der Waals surface area contributed by atoms with Crippen LogP contribution in [0.25, 0.3) is 10.9 Å². The van der Waals surface area contributed by atoms with E-state index in [1.54, 1.807) is 0 Å². The lowest BCUT2D eigenvalue weighted by atomic mass is 10.1. The fourth-order valence-corrected chi connectivity index (χ4v) is 2.93. The zero-order valence-corrected chi connectivity index (χ0v) is 12.2. The molecule has 1 unspecified atom stereocenters. The quantitative estimate of drug-likeness (QED) is 0.867. The second kappa shape index (κ2) is 6.11. The molecule has 4 heteroatoms.